The second-order valence-electron chi connectivity index (χ2n) is 7.51. The fourth-order valence-electron chi connectivity index (χ4n) is 3.41. The summed E-state index contributed by atoms with van der Waals surface area (Å²) in [6, 6.07) is 4.75. The number of nitrogens with two attached hydrogens (primary N) is 1. The number of carboxylic acid groups (broad SMARTS) is 2. The molecule has 3 rings (SSSR count). The first-order valence-corrected chi connectivity index (χ1v) is 10.1. The molecule has 6 N–H and O–H groups in total. The van der Waals surface area contributed by atoms with Crippen molar-refractivity contribution in [1.82, 2.24) is 15.3 Å². The van der Waals surface area contributed by atoms with E-state index < -0.39 is 30.3 Å². The van der Waals surface area contributed by atoms with Gasteiger partial charge in [-0.1, -0.05) is 0 Å². The van der Waals surface area contributed by atoms with Crippen molar-refractivity contribution in [2.75, 3.05) is 41.4 Å². The Kier molecular flexibility index (Phi) is 9.53. The van der Waals surface area contributed by atoms with Gasteiger partial charge >= 0.3 is 37.7 Å². The maximum Gasteiger partial charge on any atom is 2.00 e. The van der Waals surface area contributed by atoms with E-state index in [1.165, 1.54) is 12.1 Å². The Morgan fingerprint density at radius 1 is 1.26 bits per heavy atom. The molecule has 1 unspecified atom stereocenters. The van der Waals surface area contributed by atoms with Gasteiger partial charge < -0.3 is 46.4 Å². The van der Waals surface area contributed by atoms with Crippen molar-refractivity contribution >= 4 is 78.7 Å². The van der Waals surface area contributed by atoms with Gasteiger partial charge in [-0.2, -0.15) is 4.98 Å². The summed E-state index contributed by atoms with van der Waals surface area (Å²) in [5.41, 5.74) is 6.51. The predicted octanol–water partition coefficient (Wildman–Crippen LogP) is -3.31. The van der Waals surface area contributed by atoms with Crippen LogP contribution in [0.2, 0.25) is 0 Å². The van der Waals surface area contributed by atoms with Crippen molar-refractivity contribution in [3.8, 4) is 0 Å². The van der Waals surface area contributed by atoms with Crippen molar-refractivity contribution in [2.45, 2.75) is 24.9 Å². The van der Waals surface area contributed by atoms with Crippen LogP contribution in [0.25, 0.3) is 0 Å². The van der Waals surface area contributed by atoms with Gasteiger partial charge in [0.25, 0.3) is 11.5 Å². The van der Waals surface area contributed by atoms with E-state index in [2.05, 4.69) is 25.9 Å². The van der Waals surface area contributed by atoms with Gasteiger partial charge in [-0.25, -0.2) is 0 Å². The summed E-state index contributed by atoms with van der Waals surface area (Å²) >= 11 is 0. The van der Waals surface area contributed by atoms with E-state index in [0.29, 0.717) is 30.3 Å². The maximum absolute atomic E-state index is 12.3. The Labute approximate surface area is 224 Å². The molecule has 1 aliphatic rings. The molecule has 2 aromatic rings. The van der Waals surface area contributed by atoms with Gasteiger partial charge in [-0.05, 0) is 37.1 Å². The van der Waals surface area contributed by atoms with Gasteiger partial charge in [0, 0.05) is 37.4 Å². The summed E-state index contributed by atoms with van der Waals surface area (Å²) in [5.74, 6) is -3.22. The minimum Gasteiger partial charge on any atom is -0.550 e. The molecule has 13 nitrogen and oxygen atoms in total. The van der Waals surface area contributed by atoms with Gasteiger partial charge in [-0.15, -0.1) is 0 Å². The monoisotopic (exact) mass is 497 g/mol. The first-order valence-electron chi connectivity index (χ1n) is 10.1. The molecule has 1 amide bonds. The van der Waals surface area contributed by atoms with Crippen LogP contribution in [-0.4, -0.2) is 97.8 Å². The molecule has 0 aliphatic carbocycles. The molecule has 0 saturated carbocycles. The normalized spacial score (nSPS) is 15.2. The number of carbonyl (C=O) groups is 3. The number of nitrogens with one attached hydrogen (secondary N) is 4. The largest absolute Gasteiger partial charge is 2.00 e. The number of amides is 1. The minimum atomic E-state index is -1.58. The van der Waals surface area contributed by atoms with Crippen molar-refractivity contribution in [3.05, 3.63) is 40.2 Å². The molecule has 0 bridgehead atoms. The number of aromatic amines is 1. The summed E-state index contributed by atoms with van der Waals surface area (Å²) in [5, 5.41) is 30.2. The summed E-state index contributed by atoms with van der Waals surface area (Å²) in [4.78, 5) is 54.5. The molecular formula is C20H23CaN7O6. The molecule has 0 spiro atoms. The van der Waals surface area contributed by atoms with Crippen LogP contribution in [0, 0.1) is 0 Å². The molecule has 14 heteroatoms. The Bertz CT molecular complexity index is 1110. The number of hydrogen-bond donors (Lipinski definition) is 5. The van der Waals surface area contributed by atoms with Crippen LogP contribution in [0.4, 0.5) is 23.1 Å². The van der Waals surface area contributed by atoms with Crippen LogP contribution in [0.1, 0.15) is 23.2 Å². The molecule has 0 fully saturated rings. The average molecular weight is 498 g/mol. The molecule has 176 valence electrons. The van der Waals surface area contributed by atoms with Crippen LogP contribution in [0.5, 0.6) is 0 Å². The molecule has 1 aromatic heterocycles. The molecule has 1 aliphatic heterocycles. The van der Waals surface area contributed by atoms with Crippen molar-refractivity contribution in [1.29, 1.82) is 0 Å². The fraction of sp³-hybridized carbons (Fsp3) is 0.350. The summed E-state index contributed by atoms with van der Waals surface area (Å²) in [6.07, 6.45) is -0.862. The smallest absolute Gasteiger partial charge is 0.550 e. The number of anilines is 4. The average Bonchev–Trinajstić information content (AvgIpc) is 2.75. The number of hydrogen-bond acceptors (Lipinski definition) is 11. The Morgan fingerprint density at radius 2 is 1.94 bits per heavy atom. The second-order valence-corrected chi connectivity index (χ2v) is 7.51. The van der Waals surface area contributed by atoms with Gasteiger partial charge in [0.15, 0.2) is 5.82 Å². The van der Waals surface area contributed by atoms with Gasteiger partial charge in [-0.3, -0.25) is 14.6 Å². The van der Waals surface area contributed by atoms with Crippen LogP contribution >= 0.6 is 0 Å². The molecular weight excluding hydrogens is 474 g/mol. The Balaban J connectivity index is 0.00000408. The third-order valence-corrected chi connectivity index (χ3v) is 5.23. The van der Waals surface area contributed by atoms with E-state index >= 15 is 0 Å². The van der Waals surface area contributed by atoms with E-state index in [1.807, 2.05) is 0 Å². The molecule has 1 aromatic carbocycles. The first kappa shape index (κ1) is 27.2. The van der Waals surface area contributed by atoms with Gasteiger partial charge in [0.05, 0.1) is 18.1 Å². The molecule has 0 saturated heterocycles. The van der Waals surface area contributed by atoms with E-state index in [1.54, 1.807) is 24.1 Å². The number of benzene rings is 1. The van der Waals surface area contributed by atoms with Crippen LogP contribution in [0.15, 0.2) is 29.1 Å². The van der Waals surface area contributed by atoms with E-state index in [-0.39, 0.29) is 67.3 Å². The van der Waals surface area contributed by atoms with E-state index in [4.69, 9.17) is 5.73 Å². The third-order valence-electron chi connectivity index (χ3n) is 5.23. The van der Waals surface area contributed by atoms with Gasteiger partial charge in [0.2, 0.25) is 5.95 Å². The van der Waals surface area contributed by atoms with Crippen LogP contribution < -0.4 is 42.4 Å². The third kappa shape index (κ3) is 6.74. The topological polar surface area (TPSA) is 208 Å². The van der Waals surface area contributed by atoms with E-state index in [9.17, 15) is 29.4 Å². The zero-order valence-electron chi connectivity index (χ0n) is 18.4. The Hall–Kier alpha value is -3.03. The zero-order valence-corrected chi connectivity index (χ0v) is 20.6. The standard InChI is InChI=1S/C20H25N7O6.Ca/c1-27-12(9-23-16-15(27)18(31)26-20(21)25-16)8-22-11-4-2-10(3-5-11)17(30)24-13(19(32)33)6-7-14(28)29;/h2-5,12-13,22H,6-9H2,1H3,(H,24,30)(H,28,29)(H,32,33)(H4,21,23,25,26,31);/q;+2/p-2/t12?,13-;/m0./s1. The van der Waals surface area contributed by atoms with E-state index in [0.717, 1.165) is 0 Å². The second kappa shape index (κ2) is 11.9. The van der Waals surface area contributed by atoms with Crippen LogP contribution in [0.3, 0.4) is 0 Å². The molecule has 2 heterocycles. The number of carbonyl (C=O) groups excluding carboxylic acids is 3. The number of aliphatic carboxylic acids is 2. The summed E-state index contributed by atoms with van der Waals surface area (Å²) in [6.45, 7) is 0.984. The fourth-order valence-corrected chi connectivity index (χ4v) is 3.41. The van der Waals surface area contributed by atoms with Crippen molar-refractivity contribution in [3.63, 3.8) is 0 Å². The molecule has 34 heavy (non-hydrogen) atoms. The number of nitrogen functional groups attached to an aromatic ring is 1. The number of fused-ring (bicyclic) bond motifs is 1. The van der Waals surface area contributed by atoms with Crippen molar-refractivity contribution in [2.24, 2.45) is 0 Å². The predicted molar refractivity (Wildman–Crippen MR) is 121 cm³/mol. The SMILES string of the molecule is CN1c2c(nc(N)[nH]c2=O)NCC1CNc1ccc(C(=O)N[C@@H](CCC(=O)[O-])C(=O)[O-])cc1.[Ca+2]. The number of likely N-dealkylation sites (N-methyl/N-ethyl adjacent to an activating group) is 1. The molecule has 2 atom stereocenters. The number of aromatic nitrogens is 2. The minimum absolute atomic E-state index is 0. The maximum atomic E-state index is 12.3. The number of rotatable bonds is 9. The summed E-state index contributed by atoms with van der Waals surface area (Å²) in [7, 11) is 1.78. The Morgan fingerprint density at radius 3 is 2.56 bits per heavy atom. The first-order chi connectivity index (χ1) is 15.7. The summed E-state index contributed by atoms with van der Waals surface area (Å²) < 4.78 is 0. The number of H-pyrrole nitrogens is 1. The number of nitrogens with zero attached hydrogens (tertiary/aromatic N) is 2. The quantitative estimate of drug-likeness (QED) is 0.217. The van der Waals surface area contributed by atoms with Crippen molar-refractivity contribution < 1.29 is 24.6 Å². The number of carboxylic acids is 2. The zero-order chi connectivity index (χ0) is 24.1. The molecule has 0 radical (unpaired) electrons. The van der Waals surface area contributed by atoms with Gasteiger partial charge in [0.1, 0.15) is 5.69 Å². The van der Waals surface area contributed by atoms with Crippen LogP contribution in [-0.2, 0) is 9.59 Å².